The first kappa shape index (κ1) is 30.4. The van der Waals surface area contributed by atoms with Crippen LogP contribution in [0.4, 0.5) is 10.5 Å². The summed E-state index contributed by atoms with van der Waals surface area (Å²) in [4.78, 5) is 41.7. The minimum Gasteiger partial charge on any atom is -0.444 e. The fourth-order valence-corrected chi connectivity index (χ4v) is 4.01. The van der Waals surface area contributed by atoms with Gasteiger partial charge in [0.05, 0.1) is 6.61 Å². The van der Waals surface area contributed by atoms with E-state index in [1.54, 1.807) is 45.0 Å². The van der Waals surface area contributed by atoms with Gasteiger partial charge in [-0.05, 0) is 76.8 Å². The Hall–Kier alpha value is -3.83. The summed E-state index contributed by atoms with van der Waals surface area (Å²) >= 11 is 0. The highest BCUT2D eigenvalue weighted by Gasteiger charge is 2.38. The maximum atomic E-state index is 13.9. The second-order valence-electron chi connectivity index (χ2n) is 10.3. The van der Waals surface area contributed by atoms with E-state index in [0.717, 1.165) is 11.1 Å². The summed E-state index contributed by atoms with van der Waals surface area (Å²) in [5, 5.41) is 15.5. The molecule has 3 unspecified atom stereocenters. The maximum Gasteiger partial charge on any atom is 0.408 e. The number of alkyl carbamates (subject to hydrolysis) is 1. The van der Waals surface area contributed by atoms with Gasteiger partial charge in [-0.3, -0.25) is 9.59 Å². The van der Waals surface area contributed by atoms with E-state index >= 15 is 0 Å². The number of rotatable bonds is 9. The zero-order chi connectivity index (χ0) is 28.6. The molecule has 0 spiro atoms. The van der Waals surface area contributed by atoms with E-state index in [1.807, 2.05) is 45.9 Å². The SMILES string of the molecule is C#Cc1ccc(C(C(=O)Nc2c(C)cccc2C)N(C(=O)C(CO)NC(=O)OC(C)(C)C)C(C)CC)cc1. The molecule has 0 aliphatic heterocycles. The maximum absolute atomic E-state index is 13.9. The molecular weight excluding hydrogens is 482 g/mol. The van der Waals surface area contributed by atoms with Gasteiger partial charge in [0.1, 0.15) is 17.7 Å². The van der Waals surface area contributed by atoms with E-state index in [2.05, 4.69) is 16.6 Å². The number of carbonyl (C=O) groups excluding carboxylic acids is 3. The van der Waals surface area contributed by atoms with E-state index in [1.165, 1.54) is 4.90 Å². The highest BCUT2D eigenvalue weighted by Crippen LogP contribution is 2.29. The van der Waals surface area contributed by atoms with Gasteiger partial charge in [-0.1, -0.05) is 43.2 Å². The molecule has 0 saturated carbocycles. The van der Waals surface area contributed by atoms with E-state index in [0.29, 0.717) is 23.2 Å². The number of hydrogen-bond acceptors (Lipinski definition) is 5. The molecule has 3 atom stereocenters. The molecule has 2 aromatic carbocycles. The van der Waals surface area contributed by atoms with Crippen LogP contribution in [0.1, 0.15) is 69.3 Å². The second kappa shape index (κ2) is 13.1. The van der Waals surface area contributed by atoms with Crippen LogP contribution in [0, 0.1) is 26.2 Å². The third-order valence-corrected chi connectivity index (χ3v) is 6.14. The quantitative estimate of drug-likeness (QED) is 0.422. The summed E-state index contributed by atoms with van der Waals surface area (Å²) in [6, 6.07) is 9.71. The van der Waals surface area contributed by atoms with Crippen molar-refractivity contribution in [1.29, 1.82) is 0 Å². The van der Waals surface area contributed by atoms with E-state index < -0.39 is 48.2 Å². The number of aryl methyl sites for hydroxylation is 2. The van der Waals surface area contributed by atoms with Crippen LogP contribution in [0.2, 0.25) is 0 Å². The van der Waals surface area contributed by atoms with Crippen molar-refractivity contribution >= 4 is 23.6 Å². The summed E-state index contributed by atoms with van der Waals surface area (Å²) in [5.74, 6) is 1.51. The topological polar surface area (TPSA) is 108 Å². The van der Waals surface area contributed by atoms with Gasteiger partial charge in [0.2, 0.25) is 5.91 Å². The van der Waals surface area contributed by atoms with E-state index in [9.17, 15) is 19.5 Å². The predicted octanol–water partition coefficient (Wildman–Crippen LogP) is 4.48. The molecule has 0 aliphatic carbocycles. The Balaban J connectivity index is 2.57. The zero-order valence-electron chi connectivity index (χ0n) is 23.3. The molecule has 0 aromatic heterocycles. The molecule has 0 heterocycles. The lowest BCUT2D eigenvalue weighted by Crippen LogP contribution is -2.56. The molecule has 3 amide bonds. The van der Waals surface area contributed by atoms with Gasteiger partial charge < -0.3 is 25.4 Å². The van der Waals surface area contributed by atoms with Gasteiger partial charge in [-0.2, -0.15) is 0 Å². The van der Waals surface area contributed by atoms with Crippen LogP contribution in [0.5, 0.6) is 0 Å². The van der Waals surface area contributed by atoms with Gasteiger partial charge in [0, 0.05) is 17.3 Å². The van der Waals surface area contributed by atoms with Crippen LogP contribution < -0.4 is 10.6 Å². The van der Waals surface area contributed by atoms with Gasteiger partial charge in [-0.15, -0.1) is 6.42 Å². The summed E-state index contributed by atoms with van der Waals surface area (Å²) in [6.07, 6.45) is 5.20. The van der Waals surface area contributed by atoms with Crippen LogP contribution >= 0.6 is 0 Å². The molecule has 204 valence electrons. The number of ether oxygens (including phenoxy) is 1. The van der Waals surface area contributed by atoms with Crippen molar-refractivity contribution in [1.82, 2.24) is 10.2 Å². The van der Waals surface area contributed by atoms with E-state index in [-0.39, 0.29) is 0 Å². The molecule has 8 nitrogen and oxygen atoms in total. The number of anilines is 1. The normalized spacial score (nSPS) is 13.4. The first-order valence-corrected chi connectivity index (χ1v) is 12.7. The fourth-order valence-electron chi connectivity index (χ4n) is 4.01. The smallest absolute Gasteiger partial charge is 0.408 e. The molecule has 0 fully saturated rings. The van der Waals surface area contributed by atoms with E-state index in [4.69, 9.17) is 11.2 Å². The number of amides is 3. The number of para-hydroxylation sites is 1. The Bertz CT molecular complexity index is 1160. The number of aliphatic hydroxyl groups is 1. The molecule has 8 heteroatoms. The van der Waals surface area contributed by atoms with Crippen molar-refractivity contribution < 1.29 is 24.2 Å². The first-order valence-electron chi connectivity index (χ1n) is 12.7. The fraction of sp³-hybridized carbons (Fsp3) is 0.433. The largest absolute Gasteiger partial charge is 0.444 e. The Labute approximate surface area is 225 Å². The summed E-state index contributed by atoms with van der Waals surface area (Å²) in [5.41, 5.74) is 2.78. The Morgan fingerprint density at radius 1 is 1.08 bits per heavy atom. The lowest BCUT2D eigenvalue weighted by molar-refractivity contribution is -0.144. The Morgan fingerprint density at radius 2 is 1.66 bits per heavy atom. The van der Waals surface area contributed by atoms with Crippen LogP contribution in [-0.4, -0.2) is 52.2 Å². The van der Waals surface area contributed by atoms with Crippen LogP contribution in [0.3, 0.4) is 0 Å². The molecule has 0 radical (unpaired) electrons. The third-order valence-electron chi connectivity index (χ3n) is 6.14. The molecule has 38 heavy (non-hydrogen) atoms. The monoisotopic (exact) mass is 521 g/mol. The molecule has 3 N–H and O–H groups in total. The minimum absolute atomic E-state index is 0.419. The molecule has 0 saturated heterocycles. The lowest BCUT2D eigenvalue weighted by atomic mass is 9.98. The van der Waals surface area contributed by atoms with Crippen molar-refractivity contribution in [3.8, 4) is 12.3 Å². The molecule has 0 aliphatic rings. The highest BCUT2D eigenvalue weighted by molar-refractivity contribution is 6.00. The van der Waals surface area contributed by atoms with Crippen molar-refractivity contribution in [3.63, 3.8) is 0 Å². The second-order valence-corrected chi connectivity index (χ2v) is 10.3. The van der Waals surface area contributed by atoms with Crippen LogP contribution in [0.25, 0.3) is 0 Å². The Morgan fingerprint density at radius 3 is 2.13 bits per heavy atom. The number of aliphatic hydroxyl groups excluding tert-OH is 1. The number of nitrogens with zero attached hydrogens (tertiary/aromatic N) is 1. The number of carbonyl (C=O) groups is 3. The standard InChI is InChI=1S/C30H39N3O5/c1-9-21(5)33(28(36)24(18-34)31-29(37)38-30(6,7)8)26(23-16-14-22(10-2)15-17-23)27(35)32-25-19(3)12-11-13-20(25)4/h2,11-17,21,24,26,34H,9,18H2,1,3-8H3,(H,31,37)(H,32,35). The van der Waals surface area contributed by atoms with Crippen molar-refractivity contribution in [2.45, 2.75) is 78.6 Å². The Kier molecular flexibility index (Phi) is 10.5. The third kappa shape index (κ3) is 7.83. The molecule has 0 bridgehead atoms. The highest BCUT2D eigenvalue weighted by atomic mass is 16.6. The number of hydrogen-bond donors (Lipinski definition) is 3. The average molecular weight is 522 g/mol. The first-order chi connectivity index (χ1) is 17.8. The number of terminal acetylenes is 1. The molecule has 2 aromatic rings. The van der Waals surface area contributed by atoms with Crippen molar-refractivity contribution in [2.24, 2.45) is 0 Å². The predicted molar refractivity (Wildman–Crippen MR) is 149 cm³/mol. The van der Waals surface area contributed by atoms with Crippen LogP contribution in [-0.2, 0) is 14.3 Å². The van der Waals surface area contributed by atoms with Gasteiger partial charge in [-0.25, -0.2) is 4.79 Å². The molecule has 2 rings (SSSR count). The number of benzene rings is 2. The molecular formula is C30H39N3O5. The zero-order valence-corrected chi connectivity index (χ0v) is 23.3. The minimum atomic E-state index is -1.32. The van der Waals surface area contributed by atoms with Gasteiger partial charge in [0.25, 0.3) is 5.91 Å². The average Bonchev–Trinajstić information content (AvgIpc) is 2.86. The van der Waals surface area contributed by atoms with Crippen molar-refractivity contribution in [2.75, 3.05) is 11.9 Å². The van der Waals surface area contributed by atoms with Gasteiger partial charge >= 0.3 is 6.09 Å². The van der Waals surface area contributed by atoms with Crippen molar-refractivity contribution in [3.05, 3.63) is 64.7 Å². The van der Waals surface area contributed by atoms with Crippen LogP contribution in [0.15, 0.2) is 42.5 Å². The summed E-state index contributed by atoms with van der Waals surface area (Å²) in [7, 11) is 0. The number of nitrogens with one attached hydrogen (secondary N) is 2. The van der Waals surface area contributed by atoms with Gasteiger partial charge in [0.15, 0.2) is 0 Å². The summed E-state index contributed by atoms with van der Waals surface area (Å²) in [6.45, 7) is 11.9. The lowest BCUT2D eigenvalue weighted by Gasteiger charge is -2.38. The summed E-state index contributed by atoms with van der Waals surface area (Å²) < 4.78 is 5.28.